The third kappa shape index (κ3) is 3.04. The highest BCUT2D eigenvalue weighted by Crippen LogP contribution is 2.68. The molecule has 4 saturated carbocycles. The van der Waals surface area contributed by atoms with Gasteiger partial charge in [-0.25, -0.2) is 0 Å². The first-order valence-electron chi connectivity index (χ1n) is 12.0. The molecule has 160 valence electrons. The summed E-state index contributed by atoms with van der Waals surface area (Å²) in [6.45, 7) is 7.46. The van der Waals surface area contributed by atoms with Gasteiger partial charge < -0.3 is 5.11 Å². The Morgan fingerprint density at radius 2 is 1.83 bits per heavy atom. The van der Waals surface area contributed by atoms with Gasteiger partial charge in [0.1, 0.15) is 0 Å². The molecule has 4 fully saturated rings. The summed E-state index contributed by atoms with van der Waals surface area (Å²) in [4.78, 5) is 13.2. The van der Waals surface area contributed by atoms with Crippen LogP contribution in [0.15, 0.2) is 18.5 Å². The Morgan fingerprint density at radius 1 is 1.03 bits per heavy atom. The molecule has 0 aliphatic heterocycles. The molecule has 29 heavy (non-hydrogen) atoms. The first-order chi connectivity index (χ1) is 13.7. The van der Waals surface area contributed by atoms with Crippen LogP contribution in [0.3, 0.4) is 0 Å². The minimum absolute atomic E-state index is 0.175. The number of ketones is 1. The molecule has 4 aliphatic carbocycles. The molecule has 1 N–H and O–H groups in total. The van der Waals surface area contributed by atoms with Crippen LogP contribution in [0.2, 0.25) is 0 Å². The third-order valence-electron chi connectivity index (χ3n) is 10.2. The van der Waals surface area contributed by atoms with E-state index in [1.54, 1.807) is 10.9 Å². The molecule has 1 heterocycles. The Hall–Kier alpha value is -1.16. The van der Waals surface area contributed by atoms with Gasteiger partial charge in [0.25, 0.3) is 0 Å². The van der Waals surface area contributed by atoms with Crippen molar-refractivity contribution in [1.82, 2.24) is 9.78 Å². The van der Waals surface area contributed by atoms with Crippen molar-refractivity contribution < 1.29 is 9.90 Å². The van der Waals surface area contributed by atoms with E-state index in [1.165, 1.54) is 38.5 Å². The molecular formula is C25H38N2O2. The molecule has 4 heteroatoms. The molecule has 4 nitrogen and oxygen atoms in total. The van der Waals surface area contributed by atoms with Gasteiger partial charge in [0.2, 0.25) is 0 Å². The fourth-order valence-electron chi connectivity index (χ4n) is 8.62. The van der Waals surface area contributed by atoms with Gasteiger partial charge in [0.05, 0.1) is 12.1 Å². The number of hydrogen-bond acceptors (Lipinski definition) is 3. The zero-order valence-electron chi connectivity index (χ0n) is 18.4. The molecule has 0 bridgehead atoms. The number of rotatable bonds is 3. The molecule has 1 aromatic rings. The van der Waals surface area contributed by atoms with Crippen LogP contribution in [-0.2, 0) is 11.3 Å². The summed E-state index contributed by atoms with van der Waals surface area (Å²) in [5.41, 5.74) is 0.107. The smallest absolute Gasteiger partial charge is 0.157 e. The Balaban J connectivity index is 1.36. The summed E-state index contributed by atoms with van der Waals surface area (Å²) in [5.74, 6) is 3.54. The predicted octanol–water partition coefficient (Wildman–Crippen LogP) is 4.86. The normalized spacial score (nSPS) is 49.2. The van der Waals surface area contributed by atoms with Crippen LogP contribution in [0.25, 0.3) is 0 Å². The lowest BCUT2D eigenvalue weighted by Gasteiger charge is -2.61. The van der Waals surface area contributed by atoms with Crippen LogP contribution in [0, 0.1) is 40.4 Å². The summed E-state index contributed by atoms with van der Waals surface area (Å²) in [6, 6.07) is 1.90. The molecule has 5 rings (SSSR count). The summed E-state index contributed by atoms with van der Waals surface area (Å²) in [6.07, 6.45) is 14.1. The molecule has 4 aliphatic rings. The van der Waals surface area contributed by atoms with Gasteiger partial charge in [-0.3, -0.25) is 9.48 Å². The maximum atomic E-state index is 13.2. The lowest BCUT2D eigenvalue weighted by Crippen LogP contribution is -2.55. The van der Waals surface area contributed by atoms with Crippen molar-refractivity contribution in [3.8, 4) is 0 Å². The highest BCUT2D eigenvalue weighted by Gasteiger charge is 2.61. The Labute approximate surface area is 175 Å². The number of Topliss-reactive ketones (excluding diaryl/α,β-unsaturated/α-hetero) is 1. The summed E-state index contributed by atoms with van der Waals surface area (Å²) in [7, 11) is 0. The zero-order chi connectivity index (χ0) is 20.4. The van der Waals surface area contributed by atoms with Gasteiger partial charge in [-0.1, -0.05) is 13.8 Å². The van der Waals surface area contributed by atoms with Gasteiger partial charge in [0.15, 0.2) is 5.78 Å². The van der Waals surface area contributed by atoms with E-state index in [2.05, 4.69) is 18.9 Å². The molecule has 0 amide bonds. The van der Waals surface area contributed by atoms with Gasteiger partial charge in [-0.15, -0.1) is 0 Å². The lowest BCUT2D eigenvalue weighted by atomic mass is 9.44. The quantitative estimate of drug-likeness (QED) is 0.791. The minimum atomic E-state index is -0.461. The largest absolute Gasteiger partial charge is 0.390 e. The van der Waals surface area contributed by atoms with E-state index in [4.69, 9.17) is 0 Å². The van der Waals surface area contributed by atoms with Crippen LogP contribution < -0.4 is 0 Å². The van der Waals surface area contributed by atoms with E-state index >= 15 is 0 Å². The molecule has 0 spiro atoms. The van der Waals surface area contributed by atoms with E-state index in [0.717, 1.165) is 31.1 Å². The molecule has 0 unspecified atom stereocenters. The van der Waals surface area contributed by atoms with E-state index in [-0.39, 0.29) is 11.3 Å². The monoisotopic (exact) mass is 398 g/mol. The third-order valence-corrected chi connectivity index (χ3v) is 10.2. The number of fused-ring (bicyclic) bond motifs is 5. The van der Waals surface area contributed by atoms with Gasteiger partial charge >= 0.3 is 0 Å². The fourth-order valence-corrected chi connectivity index (χ4v) is 8.62. The highest BCUT2D eigenvalue weighted by molar-refractivity contribution is 5.82. The van der Waals surface area contributed by atoms with Crippen molar-refractivity contribution in [2.24, 2.45) is 40.4 Å². The first-order valence-corrected chi connectivity index (χ1v) is 12.0. The topological polar surface area (TPSA) is 55.1 Å². The number of aromatic nitrogens is 2. The number of carbonyl (C=O) groups excluding carboxylic acids is 1. The van der Waals surface area contributed by atoms with Crippen LogP contribution in [0.1, 0.15) is 78.6 Å². The second-order valence-electron chi connectivity index (χ2n) is 11.7. The van der Waals surface area contributed by atoms with E-state index in [9.17, 15) is 9.90 Å². The SMILES string of the molecule is C[C@@]1(O)CC[C@]2(C)[C@H](CC[C@@H]3[C@H]2CC[C@]2(C)[C@@H](C(=O)Cn4cccn4)CC[C@@H]32)C1. The highest BCUT2D eigenvalue weighted by atomic mass is 16.3. The van der Waals surface area contributed by atoms with E-state index in [1.807, 2.05) is 19.2 Å². The lowest BCUT2D eigenvalue weighted by molar-refractivity contribution is -0.151. The molecule has 0 saturated heterocycles. The average Bonchev–Trinajstić information content (AvgIpc) is 3.29. The van der Waals surface area contributed by atoms with Crippen molar-refractivity contribution in [1.29, 1.82) is 0 Å². The zero-order valence-corrected chi connectivity index (χ0v) is 18.4. The second kappa shape index (κ2) is 6.67. The number of carbonyl (C=O) groups is 1. The average molecular weight is 399 g/mol. The van der Waals surface area contributed by atoms with E-state index in [0.29, 0.717) is 29.6 Å². The molecule has 8 atom stereocenters. The van der Waals surface area contributed by atoms with E-state index < -0.39 is 5.60 Å². The Bertz CT molecular complexity index is 772. The van der Waals surface area contributed by atoms with Crippen molar-refractivity contribution in [3.05, 3.63) is 18.5 Å². The fraction of sp³-hybridized carbons (Fsp3) is 0.840. The van der Waals surface area contributed by atoms with Gasteiger partial charge in [-0.2, -0.15) is 5.10 Å². The summed E-state index contributed by atoms with van der Waals surface area (Å²) >= 11 is 0. The maximum absolute atomic E-state index is 13.2. The van der Waals surface area contributed by atoms with Crippen LogP contribution >= 0.6 is 0 Å². The predicted molar refractivity (Wildman–Crippen MR) is 113 cm³/mol. The Kier molecular flexibility index (Phi) is 4.55. The standard InChI is InChI=1S/C25H38N2O2/c1-23(29)11-12-24(2)17(15-23)5-6-18-19-7-8-21(25(19,3)10-9-20(18)24)22(28)16-27-14-4-13-26-27/h4,13-14,17-21,29H,5-12,15-16H2,1-3H3/t17-,18+,19+,20-,21-,23-,24-,25+/m1/s1. The van der Waals surface area contributed by atoms with Crippen LogP contribution in [-0.4, -0.2) is 26.3 Å². The molecule has 1 aromatic heterocycles. The molecular weight excluding hydrogens is 360 g/mol. The summed E-state index contributed by atoms with van der Waals surface area (Å²) < 4.78 is 1.80. The number of hydrogen-bond donors (Lipinski definition) is 1. The van der Waals surface area contributed by atoms with Crippen LogP contribution in [0.5, 0.6) is 0 Å². The van der Waals surface area contributed by atoms with Crippen molar-refractivity contribution in [2.45, 2.75) is 90.7 Å². The summed E-state index contributed by atoms with van der Waals surface area (Å²) in [5, 5.41) is 14.9. The minimum Gasteiger partial charge on any atom is -0.390 e. The number of aliphatic hydroxyl groups is 1. The van der Waals surface area contributed by atoms with Crippen molar-refractivity contribution >= 4 is 5.78 Å². The first kappa shape index (κ1) is 19.8. The molecule has 0 aromatic carbocycles. The Morgan fingerprint density at radius 3 is 2.59 bits per heavy atom. The van der Waals surface area contributed by atoms with Gasteiger partial charge in [0, 0.05) is 18.3 Å². The molecule has 0 radical (unpaired) electrons. The second-order valence-corrected chi connectivity index (χ2v) is 11.7. The maximum Gasteiger partial charge on any atom is 0.157 e. The van der Waals surface area contributed by atoms with Crippen molar-refractivity contribution in [3.63, 3.8) is 0 Å². The van der Waals surface area contributed by atoms with Crippen molar-refractivity contribution in [2.75, 3.05) is 0 Å². The van der Waals surface area contributed by atoms with Gasteiger partial charge in [-0.05, 0) is 105 Å². The van der Waals surface area contributed by atoms with Crippen LogP contribution in [0.4, 0.5) is 0 Å². The number of nitrogens with zero attached hydrogens (tertiary/aromatic N) is 2.